The Labute approximate surface area is 177 Å². The number of carbonyl (C=O) groups is 3. The van der Waals surface area contributed by atoms with Crippen molar-refractivity contribution in [2.24, 2.45) is 0 Å². The van der Waals surface area contributed by atoms with E-state index in [1.54, 1.807) is 24.3 Å². The maximum Gasteiger partial charge on any atom is 0.573 e. The van der Waals surface area contributed by atoms with E-state index < -0.39 is 6.36 Å². The number of rotatable bonds is 7. The van der Waals surface area contributed by atoms with Crippen molar-refractivity contribution in [2.75, 3.05) is 13.6 Å². The molecule has 2 aromatic rings. The van der Waals surface area contributed by atoms with Crippen LogP contribution in [0.3, 0.4) is 0 Å². The van der Waals surface area contributed by atoms with Crippen molar-refractivity contribution in [2.45, 2.75) is 32.7 Å². The Kier molecular flexibility index (Phi) is 6.33. The van der Waals surface area contributed by atoms with Crippen molar-refractivity contribution in [3.05, 3.63) is 64.7 Å². The quantitative estimate of drug-likeness (QED) is 0.620. The topological polar surface area (TPSA) is 66.9 Å². The van der Waals surface area contributed by atoms with E-state index in [1.165, 1.54) is 30.1 Å². The molecule has 2 aromatic carbocycles. The van der Waals surface area contributed by atoms with Crippen molar-refractivity contribution < 1.29 is 32.3 Å². The van der Waals surface area contributed by atoms with E-state index in [0.717, 1.165) is 10.5 Å². The number of fused-ring (bicyclic) bond motifs is 1. The molecule has 9 heteroatoms. The van der Waals surface area contributed by atoms with Gasteiger partial charge in [0, 0.05) is 32.1 Å². The maximum atomic E-state index is 12.6. The molecule has 0 N–H and O–H groups in total. The number of hydrogen-bond acceptors (Lipinski definition) is 4. The molecule has 0 fully saturated rings. The molecule has 0 bridgehead atoms. The number of hydrogen-bond donors (Lipinski definition) is 0. The van der Waals surface area contributed by atoms with E-state index in [0.29, 0.717) is 11.1 Å². The molecule has 164 valence electrons. The predicted molar refractivity (Wildman–Crippen MR) is 105 cm³/mol. The third kappa shape index (κ3) is 5.22. The summed E-state index contributed by atoms with van der Waals surface area (Å²) in [6.07, 6.45) is -4.55. The number of aryl methyl sites for hydroxylation is 1. The van der Waals surface area contributed by atoms with Crippen LogP contribution in [0.2, 0.25) is 0 Å². The summed E-state index contributed by atoms with van der Waals surface area (Å²) in [5, 5.41) is 0. The van der Waals surface area contributed by atoms with E-state index in [-0.39, 0.29) is 55.0 Å². The summed E-state index contributed by atoms with van der Waals surface area (Å²) in [7, 11) is 1.47. The fraction of sp³-hybridized carbons (Fsp3) is 0.318. The molecule has 0 saturated heterocycles. The summed E-state index contributed by atoms with van der Waals surface area (Å²) < 4.78 is 41.7. The first-order valence-corrected chi connectivity index (χ1v) is 9.61. The van der Waals surface area contributed by atoms with Crippen LogP contribution in [0.15, 0.2) is 42.5 Å². The highest BCUT2D eigenvalue weighted by Crippen LogP contribution is 2.27. The van der Waals surface area contributed by atoms with Gasteiger partial charge >= 0.3 is 6.36 Å². The summed E-state index contributed by atoms with van der Waals surface area (Å²) in [4.78, 5) is 39.7. The molecule has 1 aliphatic rings. The first kappa shape index (κ1) is 22.3. The van der Waals surface area contributed by atoms with Gasteiger partial charge in [-0.2, -0.15) is 0 Å². The third-order valence-corrected chi connectivity index (χ3v) is 4.93. The second kappa shape index (κ2) is 8.79. The van der Waals surface area contributed by atoms with Crippen LogP contribution in [0, 0.1) is 6.92 Å². The smallest absolute Gasteiger partial charge is 0.405 e. The van der Waals surface area contributed by atoms with Gasteiger partial charge in [-0.25, -0.2) is 0 Å². The zero-order chi connectivity index (χ0) is 22.8. The van der Waals surface area contributed by atoms with Gasteiger partial charge in [-0.05, 0) is 31.5 Å². The van der Waals surface area contributed by atoms with Crippen LogP contribution in [-0.2, 0) is 11.3 Å². The van der Waals surface area contributed by atoms with Gasteiger partial charge in [0.25, 0.3) is 11.8 Å². The molecule has 0 unspecified atom stereocenters. The lowest BCUT2D eigenvalue weighted by Gasteiger charge is -2.20. The Bertz CT molecular complexity index is 1020. The van der Waals surface area contributed by atoms with Crippen LogP contribution in [0.4, 0.5) is 13.2 Å². The normalized spacial score (nSPS) is 13.4. The highest BCUT2D eigenvalue weighted by atomic mass is 19.4. The average molecular weight is 434 g/mol. The summed E-state index contributed by atoms with van der Waals surface area (Å²) >= 11 is 0. The molecule has 0 aromatic heterocycles. The van der Waals surface area contributed by atoms with Crippen molar-refractivity contribution in [1.82, 2.24) is 9.80 Å². The molecule has 3 amide bonds. The van der Waals surface area contributed by atoms with E-state index in [9.17, 15) is 27.6 Å². The number of amides is 3. The molecule has 0 saturated carbocycles. The van der Waals surface area contributed by atoms with Crippen LogP contribution in [0.5, 0.6) is 5.75 Å². The summed E-state index contributed by atoms with van der Waals surface area (Å²) in [6.45, 7) is 1.84. The lowest BCUT2D eigenvalue weighted by molar-refractivity contribution is -0.275. The number of benzene rings is 2. The van der Waals surface area contributed by atoms with Crippen LogP contribution in [0.25, 0.3) is 0 Å². The van der Waals surface area contributed by atoms with Gasteiger partial charge in [0.1, 0.15) is 5.75 Å². The van der Waals surface area contributed by atoms with Crippen molar-refractivity contribution in [1.29, 1.82) is 0 Å². The Balaban J connectivity index is 1.55. The van der Waals surface area contributed by atoms with Gasteiger partial charge in [-0.15, -0.1) is 13.2 Å². The van der Waals surface area contributed by atoms with Gasteiger partial charge in [0.15, 0.2) is 0 Å². The summed E-state index contributed by atoms with van der Waals surface area (Å²) in [6, 6.07) is 10.6. The zero-order valence-corrected chi connectivity index (χ0v) is 17.0. The average Bonchev–Trinajstić information content (AvgIpc) is 2.92. The molecule has 31 heavy (non-hydrogen) atoms. The molecule has 0 spiro atoms. The summed E-state index contributed by atoms with van der Waals surface area (Å²) in [5.74, 6) is -1.47. The first-order chi connectivity index (χ1) is 14.6. The van der Waals surface area contributed by atoms with Gasteiger partial charge in [0.2, 0.25) is 5.91 Å². The Hall–Kier alpha value is -3.36. The fourth-order valence-electron chi connectivity index (χ4n) is 3.39. The number of alkyl halides is 3. The lowest BCUT2D eigenvalue weighted by atomic mass is 10.1. The molecular weight excluding hydrogens is 413 g/mol. The SMILES string of the molecule is Cc1ccc2c(c1)C(=O)N(CCCC(=O)N(C)Cc1ccccc1OC(F)(F)F)C2=O. The Morgan fingerprint density at radius 1 is 1.06 bits per heavy atom. The minimum absolute atomic E-state index is 0.0330. The minimum atomic E-state index is -4.83. The van der Waals surface area contributed by atoms with Crippen LogP contribution < -0.4 is 4.74 Å². The van der Waals surface area contributed by atoms with Crippen LogP contribution in [0.1, 0.15) is 44.7 Å². The zero-order valence-electron chi connectivity index (χ0n) is 17.0. The standard InChI is InChI=1S/C22H21F3N2O4/c1-14-9-10-16-17(12-14)21(30)27(20(16)29)11-5-8-19(28)26(2)13-15-6-3-4-7-18(15)31-22(23,24)25/h3-4,6-7,9-10,12H,5,8,11,13H2,1-2H3. The molecule has 1 heterocycles. The van der Waals surface area contributed by atoms with Crippen molar-refractivity contribution in [3.8, 4) is 5.75 Å². The van der Waals surface area contributed by atoms with E-state index >= 15 is 0 Å². The molecule has 3 rings (SSSR count). The number of carbonyl (C=O) groups excluding carboxylic acids is 3. The number of ether oxygens (including phenoxy) is 1. The molecule has 0 radical (unpaired) electrons. The number of nitrogens with zero attached hydrogens (tertiary/aromatic N) is 2. The number of imide groups is 1. The van der Waals surface area contributed by atoms with E-state index in [2.05, 4.69) is 4.74 Å². The van der Waals surface area contributed by atoms with Crippen molar-refractivity contribution in [3.63, 3.8) is 0 Å². The fourth-order valence-corrected chi connectivity index (χ4v) is 3.39. The second-order valence-corrected chi connectivity index (χ2v) is 7.32. The number of halogens is 3. The highest BCUT2D eigenvalue weighted by Gasteiger charge is 2.35. The van der Waals surface area contributed by atoms with Gasteiger partial charge in [-0.1, -0.05) is 29.8 Å². The van der Waals surface area contributed by atoms with E-state index in [4.69, 9.17) is 0 Å². The summed E-state index contributed by atoms with van der Waals surface area (Å²) in [5.41, 5.74) is 1.79. The molecule has 1 aliphatic heterocycles. The van der Waals surface area contributed by atoms with E-state index in [1.807, 2.05) is 6.92 Å². The lowest BCUT2D eigenvalue weighted by Crippen LogP contribution is -2.32. The van der Waals surface area contributed by atoms with Gasteiger partial charge < -0.3 is 9.64 Å². The molecule has 0 aliphatic carbocycles. The predicted octanol–water partition coefficient (Wildman–Crippen LogP) is 3.93. The van der Waals surface area contributed by atoms with Gasteiger partial charge in [-0.3, -0.25) is 19.3 Å². The second-order valence-electron chi connectivity index (χ2n) is 7.32. The molecular formula is C22H21F3N2O4. The molecule has 6 nitrogen and oxygen atoms in total. The first-order valence-electron chi connectivity index (χ1n) is 9.61. The largest absolute Gasteiger partial charge is 0.573 e. The maximum absolute atomic E-state index is 12.6. The monoisotopic (exact) mass is 434 g/mol. The highest BCUT2D eigenvalue weighted by molar-refractivity contribution is 6.21. The third-order valence-electron chi connectivity index (χ3n) is 4.93. The number of para-hydroxylation sites is 1. The minimum Gasteiger partial charge on any atom is -0.405 e. The van der Waals surface area contributed by atoms with Gasteiger partial charge in [0.05, 0.1) is 11.1 Å². The van der Waals surface area contributed by atoms with Crippen molar-refractivity contribution >= 4 is 17.7 Å². The van der Waals surface area contributed by atoms with Crippen LogP contribution >= 0.6 is 0 Å². The van der Waals surface area contributed by atoms with Crippen LogP contribution in [-0.4, -0.2) is 47.5 Å². The Morgan fingerprint density at radius 2 is 1.74 bits per heavy atom. The molecule has 0 atom stereocenters. The Morgan fingerprint density at radius 3 is 2.45 bits per heavy atom.